The number of hydrogen-bond donors (Lipinski definition) is 2. The molecule has 7 nitrogen and oxygen atoms in total. The van der Waals surface area contributed by atoms with Crippen molar-refractivity contribution in [3.05, 3.63) is 28.8 Å². The van der Waals surface area contributed by atoms with E-state index in [-0.39, 0.29) is 24.3 Å². The molecule has 2 fully saturated rings. The van der Waals surface area contributed by atoms with Crippen LogP contribution >= 0.6 is 11.6 Å². The number of hydrogen-bond acceptors (Lipinski definition) is 5. The predicted molar refractivity (Wildman–Crippen MR) is 115 cm³/mol. The third-order valence-corrected chi connectivity index (χ3v) is 6.51. The second-order valence-corrected chi connectivity index (χ2v) is 9.04. The average molecular weight is 438 g/mol. The van der Waals surface area contributed by atoms with E-state index in [0.717, 1.165) is 18.5 Å². The van der Waals surface area contributed by atoms with Crippen LogP contribution in [-0.4, -0.2) is 71.7 Å². The van der Waals surface area contributed by atoms with Crippen molar-refractivity contribution in [3.8, 4) is 5.75 Å². The highest BCUT2D eigenvalue weighted by Gasteiger charge is 2.33. The summed E-state index contributed by atoms with van der Waals surface area (Å²) in [5.74, 6) is 0.263. The summed E-state index contributed by atoms with van der Waals surface area (Å²) in [5.41, 5.74) is 5.47. The van der Waals surface area contributed by atoms with Gasteiger partial charge >= 0.3 is 0 Å². The zero-order valence-electron chi connectivity index (χ0n) is 17.6. The van der Waals surface area contributed by atoms with Crippen molar-refractivity contribution in [3.63, 3.8) is 0 Å². The predicted octanol–water partition coefficient (Wildman–Crippen LogP) is 1.97. The van der Waals surface area contributed by atoms with Crippen LogP contribution in [0.15, 0.2) is 18.2 Å². The van der Waals surface area contributed by atoms with Crippen LogP contribution in [0.3, 0.4) is 0 Å². The van der Waals surface area contributed by atoms with Crippen molar-refractivity contribution in [2.24, 2.45) is 11.7 Å². The van der Waals surface area contributed by atoms with Gasteiger partial charge in [0.15, 0.2) is 0 Å². The van der Waals surface area contributed by atoms with E-state index in [4.69, 9.17) is 22.1 Å². The summed E-state index contributed by atoms with van der Waals surface area (Å²) in [5, 5.41) is 11.6. The summed E-state index contributed by atoms with van der Waals surface area (Å²) in [7, 11) is 0. The number of nitrogens with two attached hydrogens (primary N) is 1. The summed E-state index contributed by atoms with van der Waals surface area (Å²) in [6, 6.07) is 5.58. The van der Waals surface area contributed by atoms with Gasteiger partial charge in [-0.2, -0.15) is 0 Å². The van der Waals surface area contributed by atoms with Gasteiger partial charge in [-0.1, -0.05) is 17.7 Å². The topological polar surface area (TPSA) is 96.1 Å². The third kappa shape index (κ3) is 6.09. The van der Waals surface area contributed by atoms with E-state index >= 15 is 0 Å². The number of halogens is 1. The normalized spacial score (nSPS) is 23.8. The molecule has 8 heteroatoms. The second kappa shape index (κ2) is 9.98. The van der Waals surface area contributed by atoms with Crippen molar-refractivity contribution in [1.82, 2.24) is 9.80 Å². The van der Waals surface area contributed by atoms with Crippen LogP contribution in [0.2, 0.25) is 5.02 Å². The fourth-order valence-corrected chi connectivity index (χ4v) is 4.35. The first-order chi connectivity index (χ1) is 14.3. The molecule has 2 amide bonds. The lowest BCUT2D eigenvalue weighted by Crippen LogP contribution is -2.46. The molecule has 0 bridgehead atoms. The Morgan fingerprint density at radius 2 is 1.97 bits per heavy atom. The molecule has 1 unspecified atom stereocenters. The molecular formula is C22H32ClN3O4. The number of aryl methyl sites for hydroxylation is 1. The van der Waals surface area contributed by atoms with E-state index in [1.807, 2.05) is 24.0 Å². The van der Waals surface area contributed by atoms with E-state index in [0.29, 0.717) is 62.6 Å². The number of carbonyl (C=O) groups excluding carboxylic acids is 2. The van der Waals surface area contributed by atoms with E-state index in [2.05, 4.69) is 4.90 Å². The number of primary amides is 1. The monoisotopic (exact) mass is 437 g/mol. The standard InChI is InChI=1S/C22H32ClN3O4/c1-16-3-4-18(23)19(13-16)30-15-22(29)7-2-9-25(12-8-22)14-20(27)26-10-5-17(6-11-26)21(24)28/h3-4,13,17,29H,2,5-12,14-15H2,1H3,(H2,24,28). The van der Waals surface area contributed by atoms with E-state index < -0.39 is 5.60 Å². The van der Waals surface area contributed by atoms with Gasteiger partial charge in [-0.05, 0) is 63.3 Å². The molecule has 2 aliphatic heterocycles. The highest BCUT2D eigenvalue weighted by molar-refractivity contribution is 6.32. The van der Waals surface area contributed by atoms with Crippen molar-refractivity contribution >= 4 is 23.4 Å². The third-order valence-electron chi connectivity index (χ3n) is 6.20. The van der Waals surface area contributed by atoms with Gasteiger partial charge < -0.3 is 20.5 Å². The maximum absolute atomic E-state index is 12.7. The number of carbonyl (C=O) groups is 2. The molecule has 2 saturated heterocycles. The number of aliphatic hydroxyl groups is 1. The maximum atomic E-state index is 12.7. The Morgan fingerprint density at radius 3 is 2.67 bits per heavy atom. The number of piperidine rings is 1. The lowest BCUT2D eigenvalue weighted by Gasteiger charge is -2.32. The van der Waals surface area contributed by atoms with Gasteiger partial charge in [0, 0.05) is 25.6 Å². The first-order valence-electron chi connectivity index (χ1n) is 10.7. The smallest absolute Gasteiger partial charge is 0.236 e. The molecule has 2 heterocycles. The van der Waals surface area contributed by atoms with E-state index in [1.54, 1.807) is 6.07 Å². The van der Waals surface area contributed by atoms with Crippen LogP contribution in [0.4, 0.5) is 0 Å². The minimum atomic E-state index is -0.940. The molecule has 166 valence electrons. The molecule has 0 radical (unpaired) electrons. The van der Waals surface area contributed by atoms with Gasteiger partial charge in [0.2, 0.25) is 11.8 Å². The number of nitrogens with zero attached hydrogens (tertiary/aromatic N) is 2. The number of rotatable bonds is 6. The fourth-order valence-electron chi connectivity index (χ4n) is 4.18. The van der Waals surface area contributed by atoms with E-state index in [9.17, 15) is 14.7 Å². The Bertz CT molecular complexity index is 767. The largest absolute Gasteiger partial charge is 0.489 e. The van der Waals surface area contributed by atoms with Crippen molar-refractivity contribution in [1.29, 1.82) is 0 Å². The van der Waals surface area contributed by atoms with Gasteiger partial charge in [-0.25, -0.2) is 0 Å². The first-order valence-corrected chi connectivity index (χ1v) is 11.0. The second-order valence-electron chi connectivity index (χ2n) is 8.63. The zero-order chi connectivity index (χ0) is 21.7. The van der Waals surface area contributed by atoms with Crippen LogP contribution in [0.5, 0.6) is 5.75 Å². The average Bonchev–Trinajstić information content (AvgIpc) is 2.90. The summed E-state index contributed by atoms with van der Waals surface area (Å²) in [6.45, 7) is 5.03. The van der Waals surface area contributed by atoms with Crippen LogP contribution in [0.1, 0.15) is 37.7 Å². The van der Waals surface area contributed by atoms with Gasteiger partial charge in [0.1, 0.15) is 12.4 Å². The summed E-state index contributed by atoms with van der Waals surface area (Å²) in [6.07, 6.45) is 3.22. The molecule has 0 aliphatic carbocycles. The van der Waals surface area contributed by atoms with Crippen LogP contribution in [-0.2, 0) is 9.59 Å². The zero-order valence-corrected chi connectivity index (χ0v) is 18.4. The molecule has 1 atom stereocenters. The van der Waals surface area contributed by atoms with Crippen molar-refractivity contribution in [2.75, 3.05) is 39.3 Å². The summed E-state index contributed by atoms with van der Waals surface area (Å²) in [4.78, 5) is 27.9. The molecule has 1 aromatic rings. The van der Waals surface area contributed by atoms with Crippen molar-refractivity contribution < 1.29 is 19.4 Å². The Labute approximate surface area is 183 Å². The van der Waals surface area contributed by atoms with E-state index in [1.165, 1.54) is 0 Å². The molecule has 3 rings (SSSR count). The van der Waals surface area contributed by atoms with Crippen LogP contribution in [0, 0.1) is 12.8 Å². The van der Waals surface area contributed by atoms with Crippen molar-refractivity contribution in [2.45, 2.75) is 44.6 Å². The Morgan fingerprint density at radius 1 is 1.23 bits per heavy atom. The summed E-state index contributed by atoms with van der Waals surface area (Å²) >= 11 is 6.19. The Balaban J connectivity index is 1.47. The summed E-state index contributed by atoms with van der Waals surface area (Å²) < 4.78 is 5.84. The lowest BCUT2D eigenvalue weighted by molar-refractivity contribution is -0.136. The number of ether oxygens (including phenoxy) is 1. The molecule has 1 aromatic carbocycles. The number of benzene rings is 1. The number of amides is 2. The number of likely N-dealkylation sites (tertiary alicyclic amines) is 2. The van der Waals surface area contributed by atoms with Crippen LogP contribution < -0.4 is 10.5 Å². The minimum Gasteiger partial charge on any atom is -0.489 e. The van der Waals surface area contributed by atoms with Gasteiger partial charge in [0.05, 0.1) is 17.2 Å². The Kier molecular flexibility index (Phi) is 7.60. The Hall–Kier alpha value is -1.83. The molecule has 30 heavy (non-hydrogen) atoms. The quantitative estimate of drug-likeness (QED) is 0.709. The SMILES string of the molecule is Cc1ccc(Cl)c(OCC2(O)CCCN(CC(=O)N3CCC(C(N)=O)CC3)CC2)c1. The maximum Gasteiger partial charge on any atom is 0.236 e. The molecular weight excluding hydrogens is 406 g/mol. The van der Waals surface area contributed by atoms with Gasteiger partial charge in [-0.15, -0.1) is 0 Å². The highest BCUT2D eigenvalue weighted by Crippen LogP contribution is 2.29. The molecule has 0 aromatic heterocycles. The highest BCUT2D eigenvalue weighted by atomic mass is 35.5. The van der Waals surface area contributed by atoms with Gasteiger partial charge in [0.25, 0.3) is 0 Å². The van der Waals surface area contributed by atoms with Gasteiger partial charge in [-0.3, -0.25) is 14.5 Å². The molecule has 3 N–H and O–H groups in total. The lowest BCUT2D eigenvalue weighted by atomic mass is 9.96. The fraction of sp³-hybridized carbons (Fsp3) is 0.636. The molecule has 0 spiro atoms. The molecule has 0 saturated carbocycles. The molecule has 2 aliphatic rings. The minimum absolute atomic E-state index is 0.0751. The van der Waals surface area contributed by atoms with Crippen LogP contribution in [0.25, 0.3) is 0 Å². The first kappa shape index (κ1) is 22.8.